The Labute approximate surface area is 87.2 Å². The molecular formula is C11H11FN2O. The van der Waals surface area contributed by atoms with Crippen LogP contribution in [0.5, 0.6) is 0 Å². The molecule has 0 spiro atoms. The molecular weight excluding hydrogens is 195 g/mol. The van der Waals surface area contributed by atoms with E-state index >= 15 is 0 Å². The van der Waals surface area contributed by atoms with Gasteiger partial charge in [-0.1, -0.05) is 6.07 Å². The molecule has 0 saturated heterocycles. The van der Waals surface area contributed by atoms with Gasteiger partial charge < -0.3 is 0 Å². The molecule has 0 fully saturated rings. The molecule has 2 rings (SSSR count). The summed E-state index contributed by atoms with van der Waals surface area (Å²) >= 11 is 0. The van der Waals surface area contributed by atoms with Gasteiger partial charge in [0.15, 0.2) is 0 Å². The van der Waals surface area contributed by atoms with Crippen LogP contribution in [0.25, 0.3) is 0 Å². The zero-order chi connectivity index (χ0) is 10.8. The van der Waals surface area contributed by atoms with Gasteiger partial charge in [0, 0.05) is 17.7 Å². The van der Waals surface area contributed by atoms with E-state index in [1.807, 2.05) is 6.92 Å². The lowest BCUT2D eigenvalue weighted by Gasteiger charge is -2.11. The molecule has 1 heterocycles. The molecule has 0 N–H and O–H groups in total. The van der Waals surface area contributed by atoms with Crippen molar-refractivity contribution in [3.05, 3.63) is 35.6 Å². The summed E-state index contributed by atoms with van der Waals surface area (Å²) in [6.07, 6.45) is 0.793. The van der Waals surface area contributed by atoms with E-state index in [0.29, 0.717) is 12.1 Å². The fourth-order valence-corrected chi connectivity index (χ4v) is 1.49. The van der Waals surface area contributed by atoms with Gasteiger partial charge in [-0.15, -0.1) is 0 Å². The molecule has 0 saturated carbocycles. The van der Waals surface area contributed by atoms with Crippen LogP contribution in [0.15, 0.2) is 29.4 Å². The van der Waals surface area contributed by atoms with Crippen LogP contribution in [0.2, 0.25) is 0 Å². The molecule has 1 aliphatic heterocycles. The minimum absolute atomic E-state index is 0.244. The van der Waals surface area contributed by atoms with Crippen molar-refractivity contribution in [3.8, 4) is 0 Å². The van der Waals surface area contributed by atoms with Crippen molar-refractivity contribution in [1.29, 1.82) is 0 Å². The normalized spacial score (nSPS) is 15.3. The maximum absolute atomic E-state index is 12.9. The van der Waals surface area contributed by atoms with Gasteiger partial charge in [-0.25, -0.2) is 9.40 Å². The zero-order valence-corrected chi connectivity index (χ0v) is 8.40. The van der Waals surface area contributed by atoms with E-state index in [9.17, 15) is 9.18 Å². The summed E-state index contributed by atoms with van der Waals surface area (Å²) in [5.74, 6) is -0.646. The molecule has 0 radical (unpaired) electrons. The monoisotopic (exact) mass is 206 g/mol. The quantitative estimate of drug-likeness (QED) is 0.692. The smallest absolute Gasteiger partial charge is 0.267 e. The number of hydrazone groups is 1. The van der Waals surface area contributed by atoms with E-state index in [4.69, 9.17) is 0 Å². The largest absolute Gasteiger partial charge is 0.274 e. The minimum atomic E-state index is -0.402. The summed E-state index contributed by atoms with van der Waals surface area (Å²) in [6.45, 7) is 2.46. The van der Waals surface area contributed by atoms with Crippen molar-refractivity contribution >= 4 is 11.6 Å². The molecule has 0 aromatic heterocycles. The van der Waals surface area contributed by atoms with Crippen LogP contribution in [0.3, 0.4) is 0 Å². The Kier molecular flexibility index (Phi) is 2.49. The predicted octanol–water partition coefficient (Wildman–Crippen LogP) is 2.05. The Morgan fingerprint density at radius 1 is 1.53 bits per heavy atom. The zero-order valence-electron chi connectivity index (χ0n) is 8.40. The topological polar surface area (TPSA) is 32.7 Å². The van der Waals surface area contributed by atoms with Crippen molar-refractivity contribution in [2.24, 2.45) is 5.10 Å². The number of hydrogen-bond donors (Lipinski definition) is 0. The van der Waals surface area contributed by atoms with E-state index in [-0.39, 0.29) is 5.91 Å². The second-order valence-electron chi connectivity index (χ2n) is 3.52. The first-order chi connectivity index (χ1) is 7.16. The van der Waals surface area contributed by atoms with E-state index in [1.165, 1.54) is 23.2 Å². The second-order valence-corrected chi connectivity index (χ2v) is 3.52. The van der Waals surface area contributed by atoms with Crippen molar-refractivity contribution in [3.63, 3.8) is 0 Å². The molecule has 3 nitrogen and oxygen atoms in total. The van der Waals surface area contributed by atoms with Gasteiger partial charge in [0.2, 0.25) is 0 Å². The summed E-state index contributed by atoms with van der Waals surface area (Å²) < 4.78 is 12.9. The van der Waals surface area contributed by atoms with Crippen molar-refractivity contribution in [2.45, 2.75) is 13.3 Å². The number of benzene rings is 1. The Balaban J connectivity index is 2.21. The van der Waals surface area contributed by atoms with Crippen LogP contribution in [-0.2, 0) is 0 Å². The van der Waals surface area contributed by atoms with Crippen LogP contribution in [0, 0.1) is 5.82 Å². The van der Waals surface area contributed by atoms with Crippen molar-refractivity contribution < 1.29 is 9.18 Å². The average molecular weight is 206 g/mol. The molecule has 0 unspecified atom stereocenters. The predicted molar refractivity (Wildman–Crippen MR) is 55.2 cm³/mol. The maximum Gasteiger partial charge on any atom is 0.274 e. The fourth-order valence-electron chi connectivity index (χ4n) is 1.49. The van der Waals surface area contributed by atoms with Gasteiger partial charge in [0.25, 0.3) is 5.91 Å². The Morgan fingerprint density at radius 2 is 2.33 bits per heavy atom. The van der Waals surface area contributed by atoms with E-state index < -0.39 is 5.82 Å². The molecule has 0 aliphatic carbocycles. The van der Waals surface area contributed by atoms with Crippen LogP contribution >= 0.6 is 0 Å². The van der Waals surface area contributed by atoms with E-state index in [2.05, 4.69) is 5.10 Å². The number of amides is 1. The highest BCUT2D eigenvalue weighted by atomic mass is 19.1. The van der Waals surface area contributed by atoms with Gasteiger partial charge >= 0.3 is 0 Å². The number of carbonyl (C=O) groups is 1. The first kappa shape index (κ1) is 9.83. The first-order valence-electron chi connectivity index (χ1n) is 4.78. The first-order valence-corrected chi connectivity index (χ1v) is 4.78. The minimum Gasteiger partial charge on any atom is -0.267 e. The summed E-state index contributed by atoms with van der Waals surface area (Å²) in [7, 11) is 0. The lowest BCUT2D eigenvalue weighted by atomic mass is 10.2. The highest BCUT2D eigenvalue weighted by Crippen LogP contribution is 2.12. The van der Waals surface area contributed by atoms with Crippen molar-refractivity contribution in [1.82, 2.24) is 5.01 Å². The number of nitrogens with zero attached hydrogens (tertiary/aromatic N) is 2. The van der Waals surface area contributed by atoms with Gasteiger partial charge in [0.1, 0.15) is 5.82 Å². The number of rotatable bonds is 1. The fraction of sp³-hybridized carbons (Fsp3) is 0.273. The van der Waals surface area contributed by atoms with E-state index in [1.54, 1.807) is 6.07 Å². The van der Waals surface area contributed by atoms with Crippen molar-refractivity contribution in [2.75, 3.05) is 6.54 Å². The standard InChI is InChI=1S/C11H11FN2O/c1-8-5-6-14(13-8)11(15)9-3-2-4-10(12)7-9/h2-4,7H,5-6H2,1H3. The molecule has 1 aromatic carbocycles. The Hall–Kier alpha value is -1.71. The number of hydrogen-bond acceptors (Lipinski definition) is 2. The summed E-state index contributed by atoms with van der Waals surface area (Å²) in [6, 6.07) is 5.66. The third-order valence-corrected chi connectivity index (χ3v) is 2.28. The molecule has 0 bridgehead atoms. The highest BCUT2D eigenvalue weighted by molar-refractivity contribution is 5.96. The van der Waals surface area contributed by atoms with E-state index in [0.717, 1.165) is 12.1 Å². The summed E-state index contributed by atoms with van der Waals surface area (Å²) in [4.78, 5) is 11.8. The third-order valence-electron chi connectivity index (χ3n) is 2.28. The maximum atomic E-state index is 12.9. The van der Waals surface area contributed by atoms with Gasteiger partial charge in [-0.2, -0.15) is 5.10 Å². The van der Waals surface area contributed by atoms with Crippen LogP contribution in [-0.4, -0.2) is 23.2 Å². The lowest BCUT2D eigenvalue weighted by molar-refractivity contribution is 0.0778. The van der Waals surface area contributed by atoms with Crippen LogP contribution in [0.4, 0.5) is 4.39 Å². The van der Waals surface area contributed by atoms with Gasteiger partial charge in [-0.3, -0.25) is 4.79 Å². The average Bonchev–Trinajstić information content (AvgIpc) is 2.64. The highest BCUT2D eigenvalue weighted by Gasteiger charge is 2.19. The molecule has 15 heavy (non-hydrogen) atoms. The van der Waals surface area contributed by atoms with Gasteiger partial charge in [-0.05, 0) is 25.1 Å². The SMILES string of the molecule is CC1=NN(C(=O)c2cccc(F)c2)CC1. The summed E-state index contributed by atoms with van der Waals surface area (Å²) in [5.41, 5.74) is 1.27. The molecule has 1 amide bonds. The van der Waals surface area contributed by atoms with Gasteiger partial charge in [0.05, 0.1) is 6.54 Å². The Morgan fingerprint density at radius 3 is 2.93 bits per heavy atom. The number of carbonyl (C=O) groups excluding carboxylic acids is 1. The van der Waals surface area contributed by atoms with Crippen LogP contribution < -0.4 is 0 Å². The molecule has 0 atom stereocenters. The lowest BCUT2D eigenvalue weighted by Crippen LogP contribution is -2.23. The number of halogens is 1. The molecule has 1 aliphatic rings. The molecule has 1 aromatic rings. The summed E-state index contributed by atoms with van der Waals surface area (Å²) in [5, 5.41) is 5.45. The Bertz CT molecular complexity index is 428. The molecule has 4 heteroatoms. The second kappa shape index (κ2) is 3.81. The third kappa shape index (κ3) is 2.03. The van der Waals surface area contributed by atoms with Crippen LogP contribution in [0.1, 0.15) is 23.7 Å². The molecule has 78 valence electrons.